The number of hydrogen-bond acceptors (Lipinski definition) is 6. The van der Waals surface area contributed by atoms with Crippen LogP contribution in [0.5, 0.6) is 0 Å². The molecule has 1 saturated heterocycles. The minimum atomic E-state index is -1.17. The number of anilines is 3. The molecule has 1 aliphatic rings. The van der Waals surface area contributed by atoms with Gasteiger partial charge in [0.2, 0.25) is 12.0 Å². The highest BCUT2D eigenvalue weighted by molar-refractivity contribution is 7.20. The Morgan fingerprint density at radius 1 is 1.00 bits per heavy atom. The summed E-state index contributed by atoms with van der Waals surface area (Å²) in [6, 6.07) is 19.0. The lowest BCUT2D eigenvalue weighted by Gasteiger charge is -2.22. The van der Waals surface area contributed by atoms with E-state index >= 15 is 0 Å². The van der Waals surface area contributed by atoms with Crippen molar-refractivity contribution >= 4 is 57.2 Å². The van der Waals surface area contributed by atoms with Crippen molar-refractivity contribution in [3.05, 3.63) is 76.6 Å². The van der Waals surface area contributed by atoms with E-state index in [0.29, 0.717) is 27.1 Å². The third-order valence-corrected chi connectivity index (χ3v) is 6.96. The number of hydrogen-bond donors (Lipinski definition) is 2. The van der Waals surface area contributed by atoms with Gasteiger partial charge in [-0.1, -0.05) is 41.9 Å². The summed E-state index contributed by atoms with van der Waals surface area (Å²) in [5.74, 6) is -0.490. The van der Waals surface area contributed by atoms with Crippen LogP contribution in [0.2, 0.25) is 4.34 Å². The number of amides is 3. The van der Waals surface area contributed by atoms with Crippen LogP contribution in [0.1, 0.15) is 24.5 Å². The fourth-order valence-corrected chi connectivity index (χ4v) is 4.81. The highest BCUT2D eigenvalue weighted by Crippen LogP contribution is 2.27. The maximum Gasteiger partial charge on any atom is 0.413 e. The second kappa shape index (κ2) is 12.0. The molecule has 1 aromatic heterocycles. The van der Waals surface area contributed by atoms with E-state index < -0.39 is 18.1 Å². The van der Waals surface area contributed by atoms with E-state index in [2.05, 4.69) is 15.5 Å². The monoisotopic (exact) mass is 526 g/mol. The zero-order valence-electron chi connectivity index (χ0n) is 19.8. The van der Waals surface area contributed by atoms with E-state index in [9.17, 15) is 14.4 Å². The molecule has 0 radical (unpaired) electrons. The van der Waals surface area contributed by atoms with Crippen LogP contribution in [-0.4, -0.2) is 49.5 Å². The Morgan fingerprint density at radius 2 is 1.69 bits per heavy atom. The molecule has 3 amide bonds. The van der Waals surface area contributed by atoms with Gasteiger partial charge in [0.05, 0.1) is 15.9 Å². The summed E-state index contributed by atoms with van der Waals surface area (Å²) in [5, 5.41) is 5.89. The number of nitrogens with one attached hydrogen (secondary N) is 2. The van der Waals surface area contributed by atoms with Gasteiger partial charge in [0, 0.05) is 24.0 Å². The van der Waals surface area contributed by atoms with Gasteiger partial charge in [-0.2, -0.15) is 0 Å². The first-order valence-corrected chi connectivity index (χ1v) is 12.8. The van der Waals surface area contributed by atoms with Gasteiger partial charge in [-0.3, -0.25) is 19.8 Å². The average Bonchev–Trinajstić information content (AvgIpc) is 3.54. The van der Waals surface area contributed by atoms with Crippen molar-refractivity contribution in [2.24, 2.45) is 0 Å². The number of ether oxygens (including phenoxy) is 1. The molecule has 1 aliphatic heterocycles. The lowest BCUT2D eigenvalue weighted by atomic mass is 10.1. The van der Waals surface area contributed by atoms with E-state index in [1.807, 2.05) is 6.07 Å². The average molecular weight is 527 g/mol. The molecule has 1 fully saturated rings. The number of carbonyl (C=O) groups is 3. The second-order valence-electron chi connectivity index (χ2n) is 8.40. The normalized spacial score (nSPS) is 14.2. The van der Waals surface area contributed by atoms with Crippen LogP contribution in [0.25, 0.3) is 0 Å². The molecule has 0 spiro atoms. The first kappa shape index (κ1) is 25.7. The Bertz CT molecular complexity index is 1200. The van der Waals surface area contributed by atoms with E-state index in [-0.39, 0.29) is 5.91 Å². The van der Waals surface area contributed by atoms with E-state index in [0.717, 1.165) is 31.6 Å². The Balaban J connectivity index is 1.40. The van der Waals surface area contributed by atoms with Crippen LogP contribution in [0.4, 0.5) is 21.2 Å². The highest BCUT2D eigenvalue weighted by Gasteiger charge is 2.26. The van der Waals surface area contributed by atoms with Gasteiger partial charge in [0.15, 0.2) is 0 Å². The smallest absolute Gasteiger partial charge is 0.413 e. The van der Waals surface area contributed by atoms with E-state index in [1.165, 1.54) is 11.3 Å². The Labute approximate surface area is 218 Å². The minimum absolute atomic E-state index is 0.0178. The number of likely N-dealkylation sites (N-methyl/N-ethyl adjacent to an activating group) is 1. The van der Waals surface area contributed by atoms with Crippen molar-refractivity contribution in [2.75, 3.05) is 42.2 Å². The molecule has 2 N–H and O–H groups in total. The van der Waals surface area contributed by atoms with Gasteiger partial charge < -0.3 is 15.0 Å². The first-order chi connectivity index (χ1) is 17.4. The summed E-state index contributed by atoms with van der Waals surface area (Å²) >= 11 is 7.10. The van der Waals surface area contributed by atoms with Crippen molar-refractivity contribution in [3.8, 4) is 0 Å². The number of likely N-dealkylation sites (tertiary alicyclic amines) is 1. The fourth-order valence-electron chi connectivity index (χ4n) is 3.88. The van der Waals surface area contributed by atoms with Crippen molar-refractivity contribution in [2.45, 2.75) is 18.9 Å². The van der Waals surface area contributed by atoms with Crippen LogP contribution in [-0.2, 0) is 14.3 Å². The number of thiophene rings is 1. The summed E-state index contributed by atoms with van der Waals surface area (Å²) in [7, 11) is 1.74. The zero-order valence-corrected chi connectivity index (χ0v) is 21.3. The number of carbonyl (C=O) groups excluding carboxylic acids is 3. The molecule has 188 valence electrons. The Morgan fingerprint density at radius 3 is 2.33 bits per heavy atom. The van der Waals surface area contributed by atoms with Gasteiger partial charge in [-0.05, 0) is 62.3 Å². The van der Waals surface area contributed by atoms with Crippen molar-refractivity contribution in [3.63, 3.8) is 0 Å². The van der Waals surface area contributed by atoms with Gasteiger partial charge in [-0.25, -0.2) is 4.79 Å². The van der Waals surface area contributed by atoms with Gasteiger partial charge in [-0.15, -0.1) is 11.3 Å². The summed E-state index contributed by atoms with van der Waals surface area (Å²) in [6.45, 7) is 2.30. The maximum absolute atomic E-state index is 13.1. The molecule has 2 heterocycles. The molecule has 0 saturated carbocycles. The molecular formula is C26H27ClN4O4S. The Kier molecular flexibility index (Phi) is 8.58. The minimum Gasteiger partial charge on any atom is -0.431 e. The number of nitrogens with zero attached hydrogens (tertiary/aromatic N) is 2. The number of benzene rings is 2. The largest absolute Gasteiger partial charge is 0.431 e. The van der Waals surface area contributed by atoms with Crippen LogP contribution in [0.15, 0.2) is 66.7 Å². The molecule has 3 aromatic rings. The van der Waals surface area contributed by atoms with Gasteiger partial charge >= 0.3 is 6.09 Å². The lowest BCUT2D eigenvalue weighted by Crippen LogP contribution is -2.37. The Hall–Kier alpha value is -3.40. The van der Waals surface area contributed by atoms with Gasteiger partial charge in [0.1, 0.15) is 0 Å². The SMILES string of the molecule is CN(C(=O)CN1CCCC1)c1ccc(NC(=O)C(OC(=O)Nc2ccc(Cl)s2)c2ccccc2)cc1. The maximum atomic E-state index is 13.1. The summed E-state index contributed by atoms with van der Waals surface area (Å²) in [4.78, 5) is 42.0. The van der Waals surface area contributed by atoms with Crippen molar-refractivity contribution in [1.29, 1.82) is 0 Å². The third kappa shape index (κ3) is 6.84. The molecule has 1 unspecified atom stereocenters. The lowest BCUT2D eigenvalue weighted by molar-refractivity contribution is -0.124. The molecule has 8 nitrogen and oxygen atoms in total. The summed E-state index contributed by atoms with van der Waals surface area (Å²) < 4.78 is 6.01. The van der Waals surface area contributed by atoms with Crippen molar-refractivity contribution < 1.29 is 19.1 Å². The predicted molar refractivity (Wildman–Crippen MR) is 143 cm³/mol. The molecule has 2 aromatic carbocycles. The van der Waals surface area contributed by atoms with E-state index in [1.54, 1.807) is 72.6 Å². The standard InChI is InChI=1S/C26H27ClN4O4S/c1-30(23(32)17-31-15-5-6-16-31)20-11-9-19(10-12-20)28-25(33)24(18-7-3-2-4-8-18)35-26(34)29-22-14-13-21(27)36-22/h2-4,7-14,24H,5-6,15-17H2,1H3,(H,28,33)(H,29,34). The van der Waals surface area contributed by atoms with Crippen LogP contribution in [0, 0.1) is 0 Å². The van der Waals surface area contributed by atoms with Crippen molar-refractivity contribution in [1.82, 2.24) is 4.90 Å². The molecule has 0 bridgehead atoms. The summed E-state index contributed by atoms with van der Waals surface area (Å²) in [5.41, 5.74) is 1.76. The zero-order chi connectivity index (χ0) is 25.5. The highest BCUT2D eigenvalue weighted by atomic mass is 35.5. The van der Waals surface area contributed by atoms with Crippen LogP contribution in [0.3, 0.4) is 0 Å². The quantitative estimate of drug-likeness (QED) is 0.411. The molecule has 36 heavy (non-hydrogen) atoms. The summed E-state index contributed by atoms with van der Waals surface area (Å²) in [6.07, 6.45) is 0.309. The second-order valence-corrected chi connectivity index (χ2v) is 10.1. The molecular weight excluding hydrogens is 500 g/mol. The fraction of sp³-hybridized carbons (Fsp3) is 0.269. The molecule has 1 atom stereocenters. The molecule has 4 rings (SSSR count). The number of rotatable bonds is 8. The number of halogens is 1. The first-order valence-electron chi connectivity index (χ1n) is 11.6. The van der Waals surface area contributed by atoms with Gasteiger partial charge in [0.25, 0.3) is 5.91 Å². The molecule has 0 aliphatic carbocycles. The third-order valence-electron chi connectivity index (χ3n) is 5.82. The van der Waals surface area contributed by atoms with Crippen LogP contribution >= 0.6 is 22.9 Å². The topological polar surface area (TPSA) is 91.0 Å². The van der Waals surface area contributed by atoms with E-state index in [4.69, 9.17) is 16.3 Å². The van der Waals surface area contributed by atoms with Crippen LogP contribution < -0.4 is 15.5 Å². The predicted octanol–water partition coefficient (Wildman–Crippen LogP) is 5.39. The molecule has 10 heteroatoms.